The van der Waals surface area contributed by atoms with E-state index < -0.39 is 0 Å². The van der Waals surface area contributed by atoms with Crippen molar-refractivity contribution in [3.8, 4) is 5.75 Å². The number of hydrogen-bond donors (Lipinski definition) is 1. The molecule has 0 saturated heterocycles. The Kier molecular flexibility index (Phi) is 2.30. The lowest BCUT2D eigenvalue weighted by Crippen LogP contribution is -2.12. The Balaban J connectivity index is 2.44. The second kappa shape index (κ2) is 3.46. The third kappa shape index (κ3) is 1.53. The highest BCUT2D eigenvalue weighted by molar-refractivity contribution is 5.43. The number of benzene rings is 1. The maximum absolute atomic E-state index is 5.95. The minimum atomic E-state index is -0.0301. The molecule has 2 N–H and O–H groups in total. The summed E-state index contributed by atoms with van der Waals surface area (Å²) in [6.45, 7) is 4.35. The maximum atomic E-state index is 5.95. The van der Waals surface area contributed by atoms with E-state index in [1.807, 2.05) is 12.1 Å². The van der Waals surface area contributed by atoms with Crippen LogP contribution in [0.1, 0.15) is 36.9 Å². The van der Waals surface area contributed by atoms with E-state index in [0.29, 0.717) is 5.92 Å². The van der Waals surface area contributed by atoms with Crippen molar-refractivity contribution in [2.75, 3.05) is 0 Å². The first kappa shape index (κ1) is 9.28. The molecule has 2 heteroatoms. The van der Waals surface area contributed by atoms with Gasteiger partial charge in [0.2, 0.25) is 0 Å². The molecule has 0 radical (unpaired) electrons. The van der Waals surface area contributed by atoms with E-state index in [-0.39, 0.29) is 6.04 Å². The molecule has 0 saturated carbocycles. The first-order valence-corrected chi connectivity index (χ1v) is 4.91. The minimum absolute atomic E-state index is 0.0301. The van der Waals surface area contributed by atoms with Crippen LogP contribution < -0.4 is 10.5 Å². The largest absolute Gasteiger partial charge is 0.465 e. The second-order valence-corrected chi connectivity index (χ2v) is 3.92. The standard InChI is InChI=1S/C12H15NO/c1-8(2)9-3-4-12-10(7-9)11(13)5-6-14-12/h3-8,11H,13H2,1-2H3. The van der Waals surface area contributed by atoms with Crippen molar-refractivity contribution in [2.45, 2.75) is 25.8 Å². The average molecular weight is 189 g/mol. The summed E-state index contributed by atoms with van der Waals surface area (Å²) in [5, 5.41) is 0. The quantitative estimate of drug-likeness (QED) is 0.737. The lowest BCUT2D eigenvalue weighted by Gasteiger charge is -2.19. The average Bonchev–Trinajstić information content (AvgIpc) is 2.18. The Hall–Kier alpha value is -1.28. The predicted octanol–water partition coefficient (Wildman–Crippen LogP) is 2.72. The van der Waals surface area contributed by atoms with Crippen LogP contribution in [0.5, 0.6) is 5.75 Å². The molecule has 1 aliphatic rings. The van der Waals surface area contributed by atoms with Crippen LogP contribution in [0.4, 0.5) is 0 Å². The summed E-state index contributed by atoms with van der Waals surface area (Å²) in [6, 6.07) is 6.19. The van der Waals surface area contributed by atoms with Crippen LogP contribution in [0.15, 0.2) is 30.5 Å². The predicted molar refractivity (Wildman–Crippen MR) is 57.2 cm³/mol. The van der Waals surface area contributed by atoms with Crippen molar-refractivity contribution in [3.05, 3.63) is 41.7 Å². The minimum Gasteiger partial charge on any atom is -0.465 e. The van der Waals surface area contributed by atoms with Crippen LogP contribution >= 0.6 is 0 Å². The summed E-state index contributed by atoms with van der Waals surface area (Å²) < 4.78 is 5.37. The highest BCUT2D eigenvalue weighted by Gasteiger charge is 2.14. The Morgan fingerprint density at radius 3 is 2.86 bits per heavy atom. The molecule has 0 aliphatic carbocycles. The van der Waals surface area contributed by atoms with Crippen molar-refractivity contribution in [1.82, 2.24) is 0 Å². The van der Waals surface area contributed by atoms with Crippen molar-refractivity contribution >= 4 is 0 Å². The molecule has 1 aromatic carbocycles. The lowest BCUT2D eigenvalue weighted by molar-refractivity contribution is 0.454. The zero-order valence-corrected chi connectivity index (χ0v) is 8.53. The van der Waals surface area contributed by atoms with Crippen LogP contribution in [-0.4, -0.2) is 0 Å². The van der Waals surface area contributed by atoms with Gasteiger partial charge in [0.05, 0.1) is 12.3 Å². The highest BCUT2D eigenvalue weighted by atomic mass is 16.5. The van der Waals surface area contributed by atoms with Gasteiger partial charge in [-0.3, -0.25) is 0 Å². The van der Waals surface area contributed by atoms with E-state index in [9.17, 15) is 0 Å². The number of hydrogen-bond acceptors (Lipinski definition) is 2. The monoisotopic (exact) mass is 189 g/mol. The van der Waals surface area contributed by atoms with Gasteiger partial charge >= 0.3 is 0 Å². The van der Waals surface area contributed by atoms with Crippen LogP contribution in [0.2, 0.25) is 0 Å². The smallest absolute Gasteiger partial charge is 0.131 e. The Morgan fingerprint density at radius 2 is 2.14 bits per heavy atom. The van der Waals surface area contributed by atoms with Gasteiger partial charge in [-0.15, -0.1) is 0 Å². The molecule has 2 nitrogen and oxygen atoms in total. The fourth-order valence-corrected chi connectivity index (χ4v) is 1.59. The summed E-state index contributed by atoms with van der Waals surface area (Å²) in [4.78, 5) is 0. The molecule has 0 aromatic heterocycles. The first-order chi connectivity index (χ1) is 6.68. The van der Waals surface area contributed by atoms with E-state index in [1.54, 1.807) is 6.26 Å². The van der Waals surface area contributed by atoms with E-state index in [4.69, 9.17) is 10.5 Å². The number of nitrogens with two attached hydrogens (primary N) is 1. The molecular formula is C12H15NO. The van der Waals surface area contributed by atoms with Gasteiger partial charge in [-0.2, -0.15) is 0 Å². The second-order valence-electron chi connectivity index (χ2n) is 3.92. The molecule has 0 bridgehead atoms. The van der Waals surface area contributed by atoms with Crippen molar-refractivity contribution < 1.29 is 4.74 Å². The molecule has 0 amide bonds. The van der Waals surface area contributed by atoms with E-state index >= 15 is 0 Å². The third-order valence-corrected chi connectivity index (χ3v) is 2.54. The van der Waals surface area contributed by atoms with Gasteiger partial charge in [-0.05, 0) is 29.7 Å². The van der Waals surface area contributed by atoms with E-state index in [0.717, 1.165) is 11.3 Å². The van der Waals surface area contributed by atoms with Crippen molar-refractivity contribution in [3.63, 3.8) is 0 Å². The molecule has 74 valence electrons. The van der Waals surface area contributed by atoms with Crippen LogP contribution in [-0.2, 0) is 0 Å². The van der Waals surface area contributed by atoms with Crippen LogP contribution in [0, 0.1) is 0 Å². The van der Waals surface area contributed by atoms with E-state index in [2.05, 4.69) is 26.0 Å². The summed E-state index contributed by atoms with van der Waals surface area (Å²) in [6.07, 6.45) is 3.52. The molecule has 0 spiro atoms. The summed E-state index contributed by atoms with van der Waals surface area (Å²) in [5.74, 6) is 1.41. The van der Waals surface area contributed by atoms with Gasteiger partial charge in [0.15, 0.2) is 0 Å². The van der Waals surface area contributed by atoms with Crippen molar-refractivity contribution in [2.24, 2.45) is 5.73 Å². The molecule has 1 aliphatic heterocycles. The summed E-state index contributed by atoms with van der Waals surface area (Å²) >= 11 is 0. The van der Waals surface area contributed by atoms with Crippen LogP contribution in [0.3, 0.4) is 0 Å². The first-order valence-electron chi connectivity index (χ1n) is 4.91. The van der Waals surface area contributed by atoms with Gasteiger partial charge < -0.3 is 10.5 Å². The molecule has 2 rings (SSSR count). The number of ether oxygens (including phenoxy) is 1. The van der Waals surface area contributed by atoms with Gasteiger partial charge in [0, 0.05) is 5.56 Å². The van der Waals surface area contributed by atoms with Crippen LogP contribution in [0.25, 0.3) is 0 Å². The number of rotatable bonds is 1. The van der Waals surface area contributed by atoms with Gasteiger partial charge in [0.1, 0.15) is 5.75 Å². The molecule has 0 fully saturated rings. The molecule has 1 heterocycles. The molecule has 1 atom stereocenters. The molecule has 1 unspecified atom stereocenters. The molecule has 14 heavy (non-hydrogen) atoms. The zero-order valence-electron chi connectivity index (χ0n) is 8.53. The normalized spacial score (nSPS) is 19.3. The molecular weight excluding hydrogens is 174 g/mol. The Morgan fingerprint density at radius 1 is 1.36 bits per heavy atom. The third-order valence-electron chi connectivity index (χ3n) is 2.54. The SMILES string of the molecule is CC(C)c1ccc2c(c1)C(N)C=CO2. The topological polar surface area (TPSA) is 35.2 Å². The fourth-order valence-electron chi connectivity index (χ4n) is 1.59. The lowest BCUT2D eigenvalue weighted by atomic mass is 9.96. The van der Waals surface area contributed by atoms with Gasteiger partial charge in [0.25, 0.3) is 0 Å². The Labute approximate surface area is 84.4 Å². The Bertz CT molecular complexity index is 369. The van der Waals surface area contributed by atoms with Crippen molar-refractivity contribution in [1.29, 1.82) is 0 Å². The van der Waals surface area contributed by atoms with Gasteiger partial charge in [-0.25, -0.2) is 0 Å². The van der Waals surface area contributed by atoms with E-state index in [1.165, 1.54) is 5.56 Å². The summed E-state index contributed by atoms with van der Waals surface area (Å²) in [7, 11) is 0. The van der Waals surface area contributed by atoms with Gasteiger partial charge in [-0.1, -0.05) is 19.9 Å². The fraction of sp³-hybridized carbons (Fsp3) is 0.333. The zero-order chi connectivity index (χ0) is 10.1. The number of fused-ring (bicyclic) bond motifs is 1. The maximum Gasteiger partial charge on any atom is 0.131 e. The molecule has 1 aromatic rings. The highest BCUT2D eigenvalue weighted by Crippen LogP contribution is 2.31. The summed E-state index contributed by atoms with van der Waals surface area (Å²) in [5.41, 5.74) is 8.33.